The molecule has 0 unspecified atom stereocenters. The van der Waals surface area contributed by atoms with E-state index in [1.54, 1.807) is 0 Å². The number of rotatable bonds is 5. The zero-order chi connectivity index (χ0) is 16.8. The molecule has 2 amide bonds. The minimum absolute atomic E-state index is 0.116. The summed E-state index contributed by atoms with van der Waals surface area (Å²) in [6.45, 7) is 0.562. The van der Waals surface area contributed by atoms with Gasteiger partial charge in [-0.15, -0.1) is 0 Å². The van der Waals surface area contributed by atoms with E-state index in [0.29, 0.717) is 19.5 Å². The lowest BCUT2D eigenvalue weighted by Crippen LogP contribution is -2.45. The predicted octanol–water partition coefficient (Wildman–Crippen LogP) is 1.26. The normalized spacial score (nSPS) is 17.6. The van der Waals surface area contributed by atoms with Gasteiger partial charge in [-0.25, -0.2) is 0 Å². The van der Waals surface area contributed by atoms with Crippen LogP contribution in [-0.2, 0) is 25.5 Å². The molecule has 0 aliphatic carbocycles. The number of primary amides is 1. The Hall–Kier alpha value is -1.89. The Kier molecular flexibility index (Phi) is 6.15. The van der Waals surface area contributed by atoms with Gasteiger partial charge in [0.2, 0.25) is 5.91 Å². The Bertz CT molecular complexity index is 588. The molecule has 6 nitrogen and oxygen atoms in total. The molecular formula is C16H19BrN2O4. The molecule has 0 aromatic heterocycles. The van der Waals surface area contributed by atoms with Gasteiger partial charge in [-0.2, -0.15) is 0 Å². The van der Waals surface area contributed by atoms with Crippen molar-refractivity contribution in [2.75, 3.05) is 19.7 Å². The van der Waals surface area contributed by atoms with Gasteiger partial charge in [-0.05, 0) is 30.5 Å². The molecule has 1 heterocycles. The van der Waals surface area contributed by atoms with Crippen molar-refractivity contribution < 1.29 is 19.1 Å². The number of halogens is 1. The highest BCUT2D eigenvalue weighted by atomic mass is 79.9. The van der Waals surface area contributed by atoms with Crippen molar-refractivity contribution in [1.82, 2.24) is 4.90 Å². The number of amides is 2. The van der Waals surface area contributed by atoms with E-state index in [-0.39, 0.29) is 24.9 Å². The predicted molar refractivity (Wildman–Crippen MR) is 87.3 cm³/mol. The van der Waals surface area contributed by atoms with Crippen molar-refractivity contribution in [2.24, 2.45) is 11.7 Å². The number of carbonyl (C=O) groups excluding carboxylic acids is 3. The zero-order valence-corrected chi connectivity index (χ0v) is 14.3. The molecule has 1 aromatic carbocycles. The third kappa shape index (κ3) is 5.35. The molecular weight excluding hydrogens is 364 g/mol. The van der Waals surface area contributed by atoms with E-state index < -0.39 is 11.9 Å². The maximum atomic E-state index is 12.1. The minimum atomic E-state index is -0.455. The average Bonchev–Trinajstić information content (AvgIpc) is 2.55. The molecule has 1 fully saturated rings. The molecule has 23 heavy (non-hydrogen) atoms. The van der Waals surface area contributed by atoms with Crippen LogP contribution in [0.1, 0.15) is 18.4 Å². The number of hydrogen-bond donors (Lipinski definition) is 1. The van der Waals surface area contributed by atoms with Gasteiger partial charge in [-0.1, -0.05) is 28.1 Å². The first-order chi connectivity index (χ1) is 11.0. The van der Waals surface area contributed by atoms with E-state index in [1.165, 1.54) is 4.90 Å². The van der Waals surface area contributed by atoms with E-state index in [2.05, 4.69) is 15.9 Å². The SMILES string of the molecule is NC(=O)[C@H]1CCCN(C(=O)COC(=O)Cc2ccc(Br)cc2)C1. The molecule has 2 rings (SSSR count). The van der Waals surface area contributed by atoms with Crippen molar-refractivity contribution in [1.29, 1.82) is 0 Å². The summed E-state index contributed by atoms with van der Waals surface area (Å²) in [6, 6.07) is 7.31. The molecule has 1 saturated heterocycles. The molecule has 1 aliphatic rings. The lowest BCUT2D eigenvalue weighted by Gasteiger charge is -2.31. The fraction of sp³-hybridized carbons (Fsp3) is 0.438. The summed E-state index contributed by atoms with van der Waals surface area (Å²) in [5.41, 5.74) is 6.10. The second kappa shape index (κ2) is 8.10. The van der Waals surface area contributed by atoms with E-state index in [0.717, 1.165) is 16.5 Å². The molecule has 0 radical (unpaired) electrons. The number of likely N-dealkylation sites (tertiary alicyclic amines) is 1. The maximum Gasteiger partial charge on any atom is 0.310 e. The molecule has 7 heteroatoms. The fourth-order valence-electron chi connectivity index (χ4n) is 2.49. The number of esters is 1. The highest BCUT2D eigenvalue weighted by Gasteiger charge is 2.27. The first kappa shape index (κ1) is 17.5. The highest BCUT2D eigenvalue weighted by molar-refractivity contribution is 9.10. The largest absolute Gasteiger partial charge is 0.455 e. The van der Waals surface area contributed by atoms with Gasteiger partial charge in [-0.3, -0.25) is 14.4 Å². The monoisotopic (exact) mass is 382 g/mol. The Morgan fingerprint density at radius 1 is 1.26 bits per heavy atom. The van der Waals surface area contributed by atoms with Crippen molar-refractivity contribution in [3.63, 3.8) is 0 Å². The molecule has 0 bridgehead atoms. The van der Waals surface area contributed by atoms with Crippen LogP contribution < -0.4 is 5.73 Å². The summed E-state index contributed by atoms with van der Waals surface area (Å²) < 4.78 is 5.96. The van der Waals surface area contributed by atoms with Gasteiger partial charge >= 0.3 is 5.97 Å². The Morgan fingerprint density at radius 2 is 1.96 bits per heavy atom. The molecule has 1 aromatic rings. The van der Waals surface area contributed by atoms with Gasteiger partial charge in [0, 0.05) is 17.6 Å². The standard InChI is InChI=1S/C16H19BrN2O4/c17-13-5-3-11(4-6-13)8-15(21)23-10-14(20)19-7-1-2-12(9-19)16(18)22/h3-6,12H,1-2,7-10H2,(H2,18,22)/t12-/m0/s1. The van der Waals surface area contributed by atoms with Crippen LogP contribution in [-0.4, -0.2) is 42.4 Å². The Morgan fingerprint density at radius 3 is 2.61 bits per heavy atom. The van der Waals surface area contributed by atoms with Crippen molar-refractivity contribution in [2.45, 2.75) is 19.3 Å². The second-order valence-corrected chi connectivity index (χ2v) is 6.46. The summed E-state index contributed by atoms with van der Waals surface area (Å²) in [7, 11) is 0. The summed E-state index contributed by atoms with van der Waals surface area (Å²) in [6.07, 6.45) is 1.54. The van der Waals surface area contributed by atoms with Crippen molar-refractivity contribution >= 4 is 33.7 Å². The lowest BCUT2D eigenvalue weighted by atomic mass is 9.97. The number of benzene rings is 1. The van der Waals surface area contributed by atoms with Crippen LogP contribution in [0, 0.1) is 5.92 Å². The molecule has 1 atom stereocenters. The van der Waals surface area contributed by atoms with Gasteiger partial charge in [0.25, 0.3) is 5.91 Å². The highest BCUT2D eigenvalue weighted by Crippen LogP contribution is 2.16. The van der Waals surface area contributed by atoms with Gasteiger partial charge in [0.15, 0.2) is 6.61 Å². The fourth-order valence-corrected chi connectivity index (χ4v) is 2.75. The quantitative estimate of drug-likeness (QED) is 0.776. The topological polar surface area (TPSA) is 89.7 Å². The number of nitrogens with zero attached hydrogens (tertiary/aromatic N) is 1. The van der Waals surface area contributed by atoms with Gasteiger partial charge in [0.1, 0.15) is 0 Å². The smallest absolute Gasteiger partial charge is 0.310 e. The van der Waals surface area contributed by atoms with E-state index in [1.807, 2.05) is 24.3 Å². The maximum absolute atomic E-state index is 12.1. The summed E-state index contributed by atoms with van der Waals surface area (Å²) >= 11 is 3.32. The Balaban J connectivity index is 1.78. The third-order valence-electron chi connectivity index (χ3n) is 3.79. The average molecular weight is 383 g/mol. The first-order valence-corrected chi connectivity index (χ1v) is 8.22. The van der Waals surface area contributed by atoms with Crippen molar-refractivity contribution in [3.8, 4) is 0 Å². The number of hydrogen-bond acceptors (Lipinski definition) is 4. The van der Waals surface area contributed by atoms with Gasteiger partial charge in [0.05, 0.1) is 12.3 Å². The van der Waals surface area contributed by atoms with E-state index in [4.69, 9.17) is 10.5 Å². The molecule has 2 N–H and O–H groups in total. The van der Waals surface area contributed by atoms with E-state index in [9.17, 15) is 14.4 Å². The third-order valence-corrected chi connectivity index (χ3v) is 4.32. The van der Waals surface area contributed by atoms with E-state index >= 15 is 0 Å². The minimum Gasteiger partial charge on any atom is -0.455 e. The Labute approximate surface area is 143 Å². The van der Waals surface area contributed by atoms with Crippen LogP contribution in [0.5, 0.6) is 0 Å². The second-order valence-electron chi connectivity index (χ2n) is 5.55. The van der Waals surface area contributed by atoms with Crippen LogP contribution >= 0.6 is 15.9 Å². The molecule has 0 spiro atoms. The number of carbonyl (C=O) groups is 3. The summed E-state index contributed by atoms with van der Waals surface area (Å²) in [4.78, 5) is 36.6. The molecule has 124 valence electrons. The van der Waals surface area contributed by atoms with Crippen LogP contribution in [0.4, 0.5) is 0 Å². The number of piperidine rings is 1. The van der Waals surface area contributed by atoms with Crippen LogP contribution in [0.15, 0.2) is 28.7 Å². The summed E-state index contributed by atoms with van der Waals surface area (Å²) in [5.74, 6) is -1.45. The van der Waals surface area contributed by atoms with Crippen LogP contribution in [0.3, 0.4) is 0 Å². The summed E-state index contributed by atoms with van der Waals surface area (Å²) in [5, 5.41) is 0. The number of ether oxygens (including phenoxy) is 1. The number of nitrogens with two attached hydrogens (primary N) is 1. The molecule has 0 saturated carbocycles. The zero-order valence-electron chi connectivity index (χ0n) is 12.7. The lowest BCUT2D eigenvalue weighted by molar-refractivity contribution is -0.152. The first-order valence-electron chi connectivity index (χ1n) is 7.43. The van der Waals surface area contributed by atoms with Crippen LogP contribution in [0.2, 0.25) is 0 Å². The molecule has 1 aliphatic heterocycles. The van der Waals surface area contributed by atoms with Crippen LogP contribution in [0.25, 0.3) is 0 Å². The van der Waals surface area contributed by atoms with Crippen molar-refractivity contribution in [3.05, 3.63) is 34.3 Å². The van der Waals surface area contributed by atoms with Gasteiger partial charge < -0.3 is 15.4 Å².